The Morgan fingerprint density at radius 2 is 2.27 bits per heavy atom. The minimum atomic E-state index is 0.00579. The number of amides is 1. The second kappa shape index (κ2) is 5.27. The number of nitrogens with one attached hydrogen (secondary N) is 1. The van der Waals surface area contributed by atoms with Crippen LogP contribution in [-0.4, -0.2) is 22.0 Å². The summed E-state index contributed by atoms with van der Waals surface area (Å²) in [4.78, 5) is 16.6. The van der Waals surface area contributed by atoms with E-state index in [0.29, 0.717) is 5.56 Å². The Morgan fingerprint density at radius 1 is 1.36 bits per heavy atom. The van der Waals surface area contributed by atoms with E-state index in [1.54, 1.807) is 6.33 Å². The molecule has 114 valence electrons. The van der Waals surface area contributed by atoms with Gasteiger partial charge in [-0.3, -0.25) is 4.79 Å². The van der Waals surface area contributed by atoms with Crippen LogP contribution in [-0.2, 0) is 7.05 Å². The first-order chi connectivity index (χ1) is 10.7. The third-order valence-electron chi connectivity index (χ3n) is 5.20. The Labute approximate surface area is 130 Å². The number of aromatic nitrogens is 2. The molecule has 0 spiro atoms. The monoisotopic (exact) mass is 295 g/mol. The van der Waals surface area contributed by atoms with Crippen LogP contribution in [0.1, 0.15) is 29.6 Å². The first-order valence-electron chi connectivity index (χ1n) is 8.08. The average molecular weight is 295 g/mol. The van der Waals surface area contributed by atoms with E-state index in [2.05, 4.69) is 22.5 Å². The predicted octanol–water partition coefficient (Wildman–Crippen LogP) is 2.91. The molecule has 1 aromatic heterocycles. The van der Waals surface area contributed by atoms with Gasteiger partial charge >= 0.3 is 0 Å². The van der Waals surface area contributed by atoms with Crippen LogP contribution in [0, 0.1) is 17.8 Å². The van der Waals surface area contributed by atoms with Crippen molar-refractivity contribution in [1.82, 2.24) is 14.9 Å². The number of imidazole rings is 1. The Hall–Kier alpha value is -2.10. The fourth-order valence-corrected chi connectivity index (χ4v) is 3.98. The van der Waals surface area contributed by atoms with Gasteiger partial charge in [-0.1, -0.05) is 12.2 Å². The number of allylic oxidation sites excluding steroid dienone is 2. The van der Waals surface area contributed by atoms with E-state index in [1.807, 2.05) is 29.8 Å². The summed E-state index contributed by atoms with van der Waals surface area (Å²) in [5, 5.41) is 3.06. The highest BCUT2D eigenvalue weighted by molar-refractivity contribution is 5.97. The quantitative estimate of drug-likeness (QED) is 0.882. The zero-order chi connectivity index (χ0) is 15.1. The van der Waals surface area contributed by atoms with Crippen molar-refractivity contribution >= 4 is 16.9 Å². The van der Waals surface area contributed by atoms with E-state index in [0.717, 1.165) is 41.8 Å². The van der Waals surface area contributed by atoms with Crippen LogP contribution in [0.3, 0.4) is 0 Å². The molecule has 0 unspecified atom stereocenters. The normalized spacial score (nSPS) is 26.0. The van der Waals surface area contributed by atoms with Gasteiger partial charge in [-0.2, -0.15) is 0 Å². The summed E-state index contributed by atoms with van der Waals surface area (Å²) in [6.45, 7) is 0.765. The summed E-state index contributed by atoms with van der Waals surface area (Å²) in [6.07, 6.45) is 10.2. The second-order valence-electron chi connectivity index (χ2n) is 6.64. The lowest BCUT2D eigenvalue weighted by atomic mass is 9.90. The maximum absolute atomic E-state index is 12.3. The molecule has 1 aromatic carbocycles. The molecule has 1 fully saturated rings. The van der Waals surface area contributed by atoms with Gasteiger partial charge in [-0.05, 0) is 55.2 Å². The van der Waals surface area contributed by atoms with Crippen LogP contribution in [0.15, 0.2) is 36.7 Å². The van der Waals surface area contributed by atoms with E-state index in [-0.39, 0.29) is 5.91 Å². The molecule has 2 aromatic rings. The molecule has 2 bridgehead atoms. The molecule has 1 N–H and O–H groups in total. The number of carbonyl (C=O) groups is 1. The molecule has 4 rings (SSSR count). The molecule has 4 heteroatoms. The minimum Gasteiger partial charge on any atom is -0.352 e. The van der Waals surface area contributed by atoms with E-state index >= 15 is 0 Å². The molecule has 1 amide bonds. The molecule has 3 atom stereocenters. The summed E-state index contributed by atoms with van der Waals surface area (Å²) >= 11 is 0. The standard InChI is InChI=1S/C18H21N3O/c1-21-11-20-16-10-15(4-5-17(16)21)18(22)19-7-6-14-9-12-2-3-13(14)8-12/h2-5,10-14H,6-9H2,1H3,(H,19,22)/t12-,13+,14-/m1/s1. The van der Waals surface area contributed by atoms with E-state index < -0.39 is 0 Å². The highest BCUT2D eigenvalue weighted by Crippen LogP contribution is 2.44. The van der Waals surface area contributed by atoms with E-state index in [1.165, 1.54) is 12.8 Å². The van der Waals surface area contributed by atoms with Crippen molar-refractivity contribution in [3.05, 3.63) is 42.2 Å². The zero-order valence-electron chi connectivity index (χ0n) is 12.8. The van der Waals surface area contributed by atoms with Gasteiger partial charge in [0.15, 0.2) is 0 Å². The lowest BCUT2D eigenvalue weighted by molar-refractivity contribution is 0.0951. The number of fused-ring (bicyclic) bond motifs is 3. The minimum absolute atomic E-state index is 0.00579. The highest BCUT2D eigenvalue weighted by Gasteiger charge is 2.34. The summed E-state index contributed by atoms with van der Waals surface area (Å²) in [6, 6.07) is 5.70. The van der Waals surface area contributed by atoms with Crippen molar-refractivity contribution in [2.45, 2.75) is 19.3 Å². The number of rotatable bonds is 4. The number of nitrogens with zero attached hydrogens (tertiary/aromatic N) is 2. The van der Waals surface area contributed by atoms with Gasteiger partial charge in [-0.15, -0.1) is 0 Å². The molecule has 4 nitrogen and oxygen atoms in total. The van der Waals surface area contributed by atoms with Crippen LogP contribution in [0.5, 0.6) is 0 Å². The third kappa shape index (κ3) is 2.32. The summed E-state index contributed by atoms with van der Waals surface area (Å²) in [7, 11) is 1.96. The number of hydrogen-bond acceptors (Lipinski definition) is 2. The molecule has 1 heterocycles. The van der Waals surface area contributed by atoms with Crippen LogP contribution < -0.4 is 5.32 Å². The number of hydrogen-bond donors (Lipinski definition) is 1. The van der Waals surface area contributed by atoms with Crippen LogP contribution >= 0.6 is 0 Å². The largest absolute Gasteiger partial charge is 0.352 e. The smallest absolute Gasteiger partial charge is 0.251 e. The van der Waals surface area contributed by atoms with Gasteiger partial charge in [0.1, 0.15) is 0 Å². The summed E-state index contributed by atoms with van der Waals surface area (Å²) in [5.41, 5.74) is 2.61. The SMILES string of the molecule is Cn1cnc2cc(C(=O)NCC[C@@H]3C[C@@H]4C=C[C@H]3C4)ccc21. The molecule has 22 heavy (non-hydrogen) atoms. The van der Waals surface area contributed by atoms with Crippen LogP contribution in [0.4, 0.5) is 0 Å². The van der Waals surface area contributed by atoms with Crippen molar-refractivity contribution in [3.8, 4) is 0 Å². The van der Waals surface area contributed by atoms with Crippen LogP contribution in [0.2, 0.25) is 0 Å². The Kier molecular flexibility index (Phi) is 3.25. The third-order valence-corrected chi connectivity index (χ3v) is 5.20. The molecule has 0 radical (unpaired) electrons. The summed E-state index contributed by atoms with van der Waals surface area (Å²) < 4.78 is 1.96. The Bertz CT molecular complexity index is 746. The molecular formula is C18H21N3O. The number of benzene rings is 1. The predicted molar refractivity (Wildman–Crippen MR) is 86.5 cm³/mol. The molecule has 2 aliphatic rings. The molecule has 1 saturated carbocycles. The van der Waals surface area contributed by atoms with Gasteiger partial charge in [0.2, 0.25) is 0 Å². The van der Waals surface area contributed by atoms with Gasteiger partial charge in [-0.25, -0.2) is 4.98 Å². The zero-order valence-corrected chi connectivity index (χ0v) is 12.8. The molecule has 2 aliphatic carbocycles. The van der Waals surface area contributed by atoms with Gasteiger partial charge in [0, 0.05) is 19.2 Å². The van der Waals surface area contributed by atoms with Gasteiger partial charge in [0.05, 0.1) is 17.4 Å². The van der Waals surface area contributed by atoms with E-state index in [4.69, 9.17) is 0 Å². The Morgan fingerprint density at radius 3 is 3.05 bits per heavy atom. The fourth-order valence-electron chi connectivity index (χ4n) is 3.98. The van der Waals surface area contributed by atoms with Crippen molar-refractivity contribution in [3.63, 3.8) is 0 Å². The highest BCUT2D eigenvalue weighted by atomic mass is 16.1. The lowest BCUT2D eigenvalue weighted by Gasteiger charge is -2.18. The molecule has 0 aliphatic heterocycles. The van der Waals surface area contributed by atoms with E-state index in [9.17, 15) is 4.79 Å². The topological polar surface area (TPSA) is 46.9 Å². The number of aryl methyl sites for hydroxylation is 1. The maximum Gasteiger partial charge on any atom is 0.251 e. The van der Waals surface area contributed by atoms with Crippen molar-refractivity contribution in [1.29, 1.82) is 0 Å². The molecule has 0 saturated heterocycles. The van der Waals surface area contributed by atoms with Gasteiger partial charge in [0.25, 0.3) is 5.91 Å². The second-order valence-corrected chi connectivity index (χ2v) is 6.64. The first-order valence-corrected chi connectivity index (χ1v) is 8.08. The average Bonchev–Trinajstić information content (AvgIpc) is 3.23. The molecular weight excluding hydrogens is 274 g/mol. The first kappa shape index (κ1) is 13.6. The van der Waals surface area contributed by atoms with Crippen LogP contribution in [0.25, 0.3) is 11.0 Å². The Balaban J connectivity index is 1.36. The van der Waals surface area contributed by atoms with Crippen molar-refractivity contribution in [2.24, 2.45) is 24.8 Å². The van der Waals surface area contributed by atoms with Crippen molar-refractivity contribution < 1.29 is 4.79 Å². The lowest BCUT2D eigenvalue weighted by Crippen LogP contribution is -2.26. The summed E-state index contributed by atoms with van der Waals surface area (Å²) in [5.74, 6) is 2.32. The van der Waals surface area contributed by atoms with Crippen molar-refractivity contribution in [2.75, 3.05) is 6.54 Å². The number of carbonyl (C=O) groups excluding carboxylic acids is 1. The van der Waals surface area contributed by atoms with Gasteiger partial charge < -0.3 is 9.88 Å². The fraction of sp³-hybridized carbons (Fsp3) is 0.444. The maximum atomic E-state index is 12.3.